The third kappa shape index (κ3) is 0.644. The van der Waals surface area contributed by atoms with Crippen LogP contribution < -0.4 is 0 Å². The molecule has 1 aliphatic rings. The van der Waals surface area contributed by atoms with Gasteiger partial charge in [-0.05, 0) is 0 Å². The zero-order chi connectivity index (χ0) is 4.24. The van der Waals surface area contributed by atoms with E-state index in [9.17, 15) is 0 Å². The van der Waals surface area contributed by atoms with E-state index in [0.29, 0.717) is 0 Å². The van der Waals surface area contributed by atoms with Gasteiger partial charge in [0.25, 0.3) is 0 Å². The Labute approximate surface area is 37.5 Å². The molecule has 0 amide bonds. The Kier molecular flexibility index (Phi) is 1.00. The lowest BCUT2D eigenvalue weighted by atomic mass is 9.79. The predicted octanol–water partition coefficient (Wildman–Crippen LogP) is 0.395. The molecule has 30 valence electrons. The summed E-state index contributed by atoms with van der Waals surface area (Å²) in [5.74, 6) is 3.92. The van der Waals surface area contributed by atoms with E-state index in [1.807, 2.05) is 12.0 Å². The highest BCUT2D eigenvalue weighted by Gasteiger charge is 1.78. The molecule has 0 spiro atoms. The quantitative estimate of drug-likeness (QED) is 0.382. The number of ether oxygens (including phenoxy) is 1. The monoisotopic (exact) mass is 80.0 g/mol. The Morgan fingerprint density at radius 1 is 1.17 bits per heavy atom. The van der Waals surface area contributed by atoms with Gasteiger partial charge in [0.1, 0.15) is 0 Å². The van der Waals surface area contributed by atoms with Crippen molar-refractivity contribution < 1.29 is 4.74 Å². The summed E-state index contributed by atoms with van der Waals surface area (Å²) in [6.07, 6.45) is 3.36. The highest BCUT2D eigenvalue weighted by Crippen LogP contribution is 1.84. The van der Waals surface area contributed by atoms with Crippen LogP contribution in [0.15, 0.2) is 24.5 Å². The van der Waals surface area contributed by atoms with Gasteiger partial charge in [0.15, 0.2) is 7.28 Å². The van der Waals surface area contributed by atoms with Gasteiger partial charge in [0, 0.05) is 0 Å². The van der Waals surface area contributed by atoms with Gasteiger partial charge in [0.2, 0.25) is 0 Å². The van der Waals surface area contributed by atoms with Crippen molar-refractivity contribution in [2.24, 2.45) is 0 Å². The van der Waals surface area contributed by atoms with Crippen LogP contribution in [-0.2, 0) is 4.74 Å². The molecule has 0 aliphatic carbocycles. The highest BCUT2D eigenvalue weighted by atomic mass is 16.5. The molecule has 0 bridgehead atoms. The van der Waals surface area contributed by atoms with Crippen molar-refractivity contribution in [2.75, 3.05) is 0 Å². The van der Waals surface area contributed by atoms with E-state index in [0.717, 1.165) is 7.28 Å². The molecule has 6 heavy (non-hydrogen) atoms. The Bertz CT molecular complexity index is 65.5. The van der Waals surface area contributed by atoms with Crippen LogP contribution in [0.5, 0.6) is 0 Å². The molecule has 1 heterocycles. The van der Waals surface area contributed by atoms with Gasteiger partial charge in [0.05, 0.1) is 12.5 Å². The van der Waals surface area contributed by atoms with E-state index in [2.05, 4.69) is 0 Å². The summed E-state index contributed by atoms with van der Waals surface area (Å²) < 4.78 is 4.71. The fourth-order valence-electron chi connectivity index (χ4n) is 0.346. The molecular weight excluding hydrogens is 74.9 g/mol. The SMILES string of the molecule is B1C=COC=C1. The van der Waals surface area contributed by atoms with Gasteiger partial charge in [-0.1, -0.05) is 12.0 Å². The molecular formula is C4H5BO. The van der Waals surface area contributed by atoms with Crippen LogP contribution in [0, 0.1) is 0 Å². The second kappa shape index (κ2) is 1.70. The van der Waals surface area contributed by atoms with Crippen molar-refractivity contribution in [1.82, 2.24) is 0 Å². The van der Waals surface area contributed by atoms with E-state index in [1.165, 1.54) is 0 Å². The lowest BCUT2D eigenvalue weighted by molar-refractivity contribution is 0.402. The summed E-state index contributed by atoms with van der Waals surface area (Å²) in [6.45, 7) is 0. The molecule has 2 heteroatoms. The average molecular weight is 79.9 g/mol. The van der Waals surface area contributed by atoms with Crippen molar-refractivity contribution in [3.05, 3.63) is 24.5 Å². The predicted molar refractivity (Wildman–Crippen MR) is 26.5 cm³/mol. The summed E-state index contributed by atoms with van der Waals surface area (Å²) >= 11 is 0. The summed E-state index contributed by atoms with van der Waals surface area (Å²) in [4.78, 5) is 0. The molecule has 1 nitrogen and oxygen atoms in total. The van der Waals surface area contributed by atoms with Crippen LogP contribution in [0.4, 0.5) is 0 Å². The lowest BCUT2D eigenvalue weighted by Gasteiger charge is -1.90. The molecule has 0 aromatic carbocycles. The lowest BCUT2D eigenvalue weighted by Crippen LogP contribution is -1.82. The molecule has 0 aromatic heterocycles. The number of rotatable bonds is 0. The summed E-state index contributed by atoms with van der Waals surface area (Å²) in [6, 6.07) is 0. The molecule has 0 saturated heterocycles. The Balaban J connectivity index is 2.40. The molecule has 0 aromatic rings. The molecule has 0 N–H and O–H groups in total. The maximum atomic E-state index is 4.71. The topological polar surface area (TPSA) is 9.23 Å². The highest BCUT2D eigenvalue weighted by molar-refractivity contribution is 6.48. The van der Waals surface area contributed by atoms with E-state index in [4.69, 9.17) is 4.74 Å². The zero-order valence-electron chi connectivity index (χ0n) is 3.42. The molecule has 0 atom stereocenters. The van der Waals surface area contributed by atoms with E-state index < -0.39 is 0 Å². The molecule has 1 aliphatic heterocycles. The van der Waals surface area contributed by atoms with Gasteiger partial charge in [-0.2, -0.15) is 0 Å². The second-order valence-corrected chi connectivity index (χ2v) is 1.12. The first-order chi connectivity index (χ1) is 3.00. The second-order valence-electron chi connectivity index (χ2n) is 1.12. The smallest absolute Gasteiger partial charge is 0.181 e. The van der Waals surface area contributed by atoms with Crippen LogP contribution in [0.3, 0.4) is 0 Å². The van der Waals surface area contributed by atoms with E-state index >= 15 is 0 Å². The van der Waals surface area contributed by atoms with Gasteiger partial charge >= 0.3 is 0 Å². The summed E-state index contributed by atoms with van der Waals surface area (Å²) in [5, 5.41) is 0. The fourth-order valence-corrected chi connectivity index (χ4v) is 0.346. The van der Waals surface area contributed by atoms with E-state index in [-0.39, 0.29) is 0 Å². The van der Waals surface area contributed by atoms with Crippen LogP contribution in [0.2, 0.25) is 0 Å². The number of hydrogen-bond acceptors (Lipinski definition) is 1. The summed E-state index contributed by atoms with van der Waals surface area (Å²) in [5.41, 5.74) is 0. The third-order valence-electron chi connectivity index (χ3n) is 0.622. The van der Waals surface area contributed by atoms with Gasteiger partial charge in [-0.15, -0.1) is 0 Å². The zero-order valence-corrected chi connectivity index (χ0v) is 3.42. The van der Waals surface area contributed by atoms with Crippen molar-refractivity contribution in [3.8, 4) is 0 Å². The maximum absolute atomic E-state index is 4.71. The molecule has 0 radical (unpaired) electrons. The Hall–Kier alpha value is -0.655. The molecule has 0 saturated carbocycles. The van der Waals surface area contributed by atoms with Crippen molar-refractivity contribution in [1.29, 1.82) is 0 Å². The third-order valence-corrected chi connectivity index (χ3v) is 0.622. The van der Waals surface area contributed by atoms with Crippen LogP contribution >= 0.6 is 0 Å². The first-order valence-corrected chi connectivity index (χ1v) is 1.95. The fraction of sp³-hybridized carbons (Fsp3) is 0. The molecule has 0 unspecified atom stereocenters. The Morgan fingerprint density at radius 3 is 2.00 bits per heavy atom. The van der Waals surface area contributed by atoms with Gasteiger partial charge in [-0.3, -0.25) is 0 Å². The Morgan fingerprint density at radius 2 is 1.83 bits per heavy atom. The first-order valence-electron chi connectivity index (χ1n) is 1.95. The summed E-state index contributed by atoms with van der Waals surface area (Å²) in [7, 11) is 1.01. The average Bonchev–Trinajstić information content (AvgIpc) is 1.72. The molecule has 0 fully saturated rings. The van der Waals surface area contributed by atoms with Crippen molar-refractivity contribution in [2.45, 2.75) is 0 Å². The normalized spacial score (nSPS) is 16.0. The van der Waals surface area contributed by atoms with Crippen LogP contribution in [0.25, 0.3) is 0 Å². The maximum Gasteiger partial charge on any atom is 0.181 e. The standard InChI is InChI=1S/C4H5BO/c1-3-6-4-2-5-1/h1-5H. The minimum Gasteiger partial charge on any atom is -0.475 e. The van der Waals surface area contributed by atoms with Crippen molar-refractivity contribution >= 4 is 7.28 Å². The van der Waals surface area contributed by atoms with E-state index in [1.54, 1.807) is 12.5 Å². The first kappa shape index (κ1) is 3.53. The van der Waals surface area contributed by atoms with Gasteiger partial charge in [-0.25, -0.2) is 0 Å². The number of hydrogen-bond donors (Lipinski definition) is 0. The van der Waals surface area contributed by atoms with Gasteiger partial charge < -0.3 is 4.74 Å². The minimum absolute atomic E-state index is 1.01. The van der Waals surface area contributed by atoms with Crippen LogP contribution in [-0.4, -0.2) is 7.28 Å². The largest absolute Gasteiger partial charge is 0.475 e. The van der Waals surface area contributed by atoms with Crippen molar-refractivity contribution in [3.63, 3.8) is 0 Å². The van der Waals surface area contributed by atoms with Crippen LogP contribution in [0.1, 0.15) is 0 Å². The minimum atomic E-state index is 1.01. The molecule has 1 rings (SSSR count).